The number of rotatable bonds is 8. The van der Waals surface area contributed by atoms with Crippen LogP contribution in [0.1, 0.15) is 72.1 Å². The molecule has 0 aliphatic heterocycles. The van der Waals surface area contributed by atoms with E-state index in [2.05, 4.69) is 20.8 Å². The maximum absolute atomic E-state index is 2.34. The van der Waals surface area contributed by atoms with Crippen LogP contribution in [0.4, 0.5) is 0 Å². The third kappa shape index (κ3) is 4.02. The SMILES string of the molecule is CCCC1CC1CCCC(CC)CC. The molecule has 1 aliphatic carbocycles. The summed E-state index contributed by atoms with van der Waals surface area (Å²) in [5.41, 5.74) is 0. The maximum atomic E-state index is 2.34. The smallest absolute Gasteiger partial charge is 0.0383 e. The summed E-state index contributed by atoms with van der Waals surface area (Å²) in [5.74, 6) is 3.27. The van der Waals surface area contributed by atoms with Crippen molar-refractivity contribution >= 4 is 0 Å². The van der Waals surface area contributed by atoms with Crippen molar-refractivity contribution in [2.75, 3.05) is 0 Å². The van der Waals surface area contributed by atoms with E-state index in [0.717, 1.165) is 17.8 Å². The molecule has 14 heavy (non-hydrogen) atoms. The van der Waals surface area contributed by atoms with Gasteiger partial charge in [0, 0.05) is 0 Å². The Bertz CT molecular complexity index is 135. The minimum absolute atomic E-state index is 1.01. The van der Waals surface area contributed by atoms with Gasteiger partial charge in [-0.3, -0.25) is 0 Å². The lowest BCUT2D eigenvalue weighted by molar-refractivity contribution is 0.421. The van der Waals surface area contributed by atoms with Gasteiger partial charge in [-0.15, -0.1) is 0 Å². The second kappa shape index (κ2) is 6.48. The van der Waals surface area contributed by atoms with E-state index in [-0.39, 0.29) is 0 Å². The summed E-state index contributed by atoms with van der Waals surface area (Å²) in [7, 11) is 0. The first-order valence-corrected chi connectivity index (χ1v) is 6.81. The lowest BCUT2D eigenvalue weighted by Crippen LogP contribution is -1.96. The first-order chi connectivity index (χ1) is 6.81. The highest BCUT2D eigenvalue weighted by Gasteiger charge is 2.34. The molecule has 0 saturated heterocycles. The van der Waals surface area contributed by atoms with Crippen LogP contribution in [0.3, 0.4) is 0 Å². The number of hydrogen-bond acceptors (Lipinski definition) is 0. The molecule has 0 aromatic rings. The minimum Gasteiger partial charge on any atom is -0.0654 e. The van der Waals surface area contributed by atoms with E-state index in [1.54, 1.807) is 6.42 Å². The molecule has 0 spiro atoms. The second-order valence-corrected chi connectivity index (χ2v) is 5.16. The topological polar surface area (TPSA) is 0 Å². The maximum Gasteiger partial charge on any atom is -0.0383 e. The van der Waals surface area contributed by atoms with Gasteiger partial charge >= 0.3 is 0 Å². The monoisotopic (exact) mass is 196 g/mol. The second-order valence-electron chi connectivity index (χ2n) is 5.16. The van der Waals surface area contributed by atoms with E-state index in [4.69, 9.17) is 0 Å². The molecule has 1 fully saturated rings. The Morgan fingerprint density at radius 2 is 1.64 bits per heavy atom. The molecule has 84 valence electrons. The Labute approximate surface area is 90.5 Å². The van der Waals surface area contributed by atoms with Crippen molar-refractivity contribution in [3.8, 4) is 0 Å². The van der Waals surface area contributed by atoms with Crippen molar-refractivity contribution in [2.24, 2.45) is 17.8 Å². The van der Waals surface area contributed by atoms with E-state index in [1.165, 1.54) is 44.9 Å². The summed E-state index contributed by atoms with van der Waals surface area (Å²) in [5, 5.41) is 0. The zero-order valence-corrected chi connectivity index (χ0v) is 10.4. The third-order valence-corrected chi connectivity index (χ3v) is 4.07. The van der Waals surface area contributed by atoms with Gasteiger partial charge in [0.25, 0.3) is 0 Å². The van der Waals surface area contributed by atoms with Crippen LogP contribution in [0.15, 0.2) is 0 Å². The Hall–Kier alpha value is 0. The van der Waals surface area contributed by atoms with Gasteiger partial charge in [0.2, 0.25) is 0 Å². The van der Waals surface area contributed by atoms with Crippen molar-refractivity contribution in [3.05, 3.63) is 0 Å². The van der Waals surface area contributed by atoms with Crippen LogP contribution >= 0.6 is 0 Å². The molecule has 0 nitrogen and oxygen atoms in total. The zero-order valence-electron chi connectivity index (χ0n) is 10.4. The summed E-state index contributed by atoms with van der Waals surface area (Å²) in [6, 6.07) is 0. The number of hydrogen-bond donors (Lipinski definition) is 0. The quantitative estimate of drug-likeness (QED) is 0.511. The first kappa shape index (κ1) is 12.1. The highest BCUT2D eigenvalue weighted by molar-refractivity contribution is 4.85. The minimum atomic E-state index is 1.01. The molecule has 0 N–H and O–H groups in total. The van der Waals surface area contributed by atoms with E-state index in [0.29, 0.717) is 0 Å². The molecule has 0 heteroatoms. The molecule has 2 atom stereocenters. The average molecular weight is 196 g/mol. The predicted octanol–water partition coefficient (Wildman–Crippen LogP) is 5.03. The van der Waals surface area contributed by atoms with Gasteiger partial charge in [-0.05, 0) is 24.2 Å². The van der Waals surface area contributed by atoms with Gasteiger partial charge in [-0.25, -0.2) is 0 Å². The fourth-order valence-electron chi connectivity index (χ4n) is 2.75. The molecule has 0 aromatic carbocycles. The van der Waals surface area contributed by atoms with Gasteiger partial charge in [0.1, 0.15) is 0 Å². The van der Waals surface area contributed by atoms with Crippen molar-refractivity contribution in [1.29, 1.82) is 0 Å². The summed E-state index contributed by atoms with van der Waals surface area (Å²) < 4.78 is 0. The Balaban J connectivity index is 1.95. The summed E-state index contributed by atoms with van der Waals surface area (Å²) in [6.45, 7) is 7.00. The highest BCUT2D eigenvalue weighted by Crippen LogP contribution is 2.45. The van der Waals surface area contributed by atoms with Crippen LogP contribution in [0.25, 0.3) is 0 Å². The van der Waals surface area contributed by atoms with Crippen molar-refractivity contribution < 1.29 is 0 Å². The lowest BCUT2D eigenvalue weighted by atomic mass is 9.95. The van der Waals surface area contributed by atoms with E-state index in [1.807, 2.05) is 0 Å². The molecule has 1 saturated carbocycles. The largest absolute Gasteiger partial charge is 0.0654 e. The first-order valence-electron chi connectivity index (χ1n) is 6.81. The van der Waals surface area contributed by atoms with Crippen molar-refractivity contribution in [2.45, 2.75) is 72.1 Å². The molecule has 1 aliphatic rings. The molecular formula is C14H28. The molecule has 0 amide bonds. The van der Waals surface area contributed by atoms with E-state index >= 15 is 0 Å². The molecule has 0 aromatic heterocycles. The summed E-state index contributed by atoms with van der Waals surface area (Å²) in [4.78, 5) is 0. The van der Waals surface area contributed by atoms with Crippen LogP contribution in [0.5, 0.6) is 0 Å². The summed E-state index contributed by atoms with van der Waals surface area (Å²) >= 11 is 0. The van der Waals surface area contributed by atoms with Gasteiger partial charge in [-0.2, -0.15) is 0 Å². The van der Waals surface area contributed by atoms with E-state index < -0.39 is 0 Å². The molecule has 2 unspecified atom stereocenters. The van der Waals surface area contributed by atoms with Crippen molar-refractivity contribution in [1.82, 2.24) is 0 Å². The third-order valence-electron chi connectivity index (χ3n) is 4.07. The molecular weight excluding hydrogens is 168 g/mol. The lowest BCUT2D eigenvalue weighted by Gasteiger charge is -2.11. The Kier molecular flexibility index (Phi) is 5.59. The van der Waals surface area contributed by atoms with Gasteiger partial charge < -0.3 is 0 Å². The normalized spacial score (nSPS) is 25.7. The van der Waals surface area contributed by atoms with Gasteiger partial charge in [-0.1, -0.05) is 65.7 Å². The fraction of sp³-hybridized carbons (Fsp3) is 1.00. The fourth-order valence-corrected chi connectivity index (χ4v) is 2.75. The van der Waals surface area contributed by atoms with Gasteiger partial charge in [0.15, 0.2) is 0 Å². The molecule has 0 radical (unpaired) electrons. The highest BCUT2D eigenvalue weighted by atomic mass is 14.4. The molecule has 1 rings (SSSR count). The summed E-state index contributed by atoms with van der Waals surface area (Å²) in [6.07, 6.45) is 11.7. The van der Waals surface area contributed by atoms with E-state index in [9.17, 15) is 0 Å². The Morgan fingerprint density at radius 1 is 1.00 bits per heavy atom. The van der Waals surface area contributed by atoms with Crippen molar-refractivity contribution in [3.63, 3.8) is 0 Å². The Morgan fingerprint density at radius 3 is 2.21 bits per heavy atom. The van der Waals surface area contributed by atoms with Crippen LogP contribution in [-0.4, -0.2) is 0 Å². The molecule has 0 bridgehead atoms. The average Bonchev–Trinajstić information content (AvgIpc) is 2.92. The predicted molar refractivity (Wildman–Crippen MR) is 64.4 cm³/mol. The van der Waals surface area contributed by atoms with Gasteiger partial charge in [0.05, 0.1) is 0 Å². The standard InChI is InChI=1S/C14H28/c1-4-8-13-11-14(13)10-7-9-12(5-2)6-3/h12-14H,4-11H2,1-3H3. The van der Waals surface area contributed by atoms with Crippen LogP contribution in [0.2, 0.25) is 0 Å². The molecule has 0 heterocycles. The van der Waals surface area contributed by atoms with Crippen LogP contribution in [-0.2, 0) is 0 Å². The van der Waals surface area contributed by atoms with Crippen LogP contribution in [0, 0.1) is 17.8 Å². The zero-order chi connectivity index (χ0) is 10.4. The van der Waals surface area contributed by atoms with Crippen LogP contribution < -0.4 is 0 Å².